The summed E-state index contributed by atoms with van der Waals surface area (Å²) in [6.45, 7) is 8.28. The first-order valence-corrected chi connectivity index (χ1v) is 13.8. The summed E-state index contributed by atoms with van der Waals surface area (Å²) in [7, 11) is 0. The zero-order chi connectivity index (χ0) is 25.3. The molecule has 0 atom stereocenters. The molecule has 36 heavy (non-hydrogen) atoms. The number of halogens is 1. The summed E-state index contributed by atoms with van der Waals surface area (Å²) < 4.78 is 7.76. The van der Waals surface area contributed by atoms with Crippen LogP contribution in [-0.2, 0) is 4.74 Å². The molecule has 0 aliphatic carbocycles. The summed E-state index contributed by atoms with van der Waals surface area (Å²) in [4.78, 5) is 19.8. The van der Waals surface area contributed by atoms with E-state index in [0.717, 1.165) is 48.0 Å². The standard InChI is InChI=1S/C25H25ClN4O2S.C3H8/c26-22-9-6-19(28-25(31)18-4-7-20(8-5-18)30-11-2-16-33-30)17-21(22)24-23(3-1-10-27-24)29-12-14-32-15-13-29;1-3-2/h1,3-10,17H,2,11-16H2,(H,28,31);3H2,1-2H3. The molecule has 1 amide bonds. The van der Waals surface area contributed by atoms with Crippen molar-refractivity contribution >= 4 is 46.5 Å². The lowest BCUT2D eigenvalue weighted by molar-refractivity contribution is 0.102. The van der Waals surface area contributed by atoms with E-state index >= 15 is 0 Å². The molecule has 1 aromatic heterocycles. The zero-order valence-electron chi connectivity index (χ0n) is 20.9. The Kier molecular flexibility index (Phi) is 9.50. The highest BCUT2D eigenvalue weighted by Crippen LogP contribution is 2.36. The average Bonchev–Trinajstić information content (AvgIpc) is 3.46. The largest absolute Gasteiger partial charge is 0.378 e. The summed E-state index contributed by atoms with van der Waals surface area (Å²) in [6, 6.07) is 17.2. The smallest absolute Gasteiger partial charge is 0.255 e. The van der Waals surface area contributed by atoms with E-state index in [4.69, 9.17) is 16.3 Å². The van der Waals surface area contributed by atoms with Crippen molar-refractivity contribution in [2.75, 3.05) is 53.1 Å². The molecule has 0 unspecified atom stereocenters. The second-order valence-corrected chi connectivity index (χ2v) is 10.2. The van der Waals surface area contributed by atoms with Gasteiger partial charge in [0, 0.05) is 54.1 Å². The second-order valence-electron chi connectivity index (χ2n) is 8.66. The third-order valence-corrected chi connectivity index (χ3v) is 7.29. The molecular formula is C28H33ClN4O2S. The lowest BCUT2D eigenvalue weighted by Crippen LogP contribution is -2.36. The Morgan fingerprint density at radius 2 is 1.83 bits per heavy atom. The first kappa shape index (κ1) is 26.3. The first-order valence-electron chi connectivity index (χ1n) is 12.5. The number of rotatable bonds is 5. The number of aromatic nitrogens is 1. The fraction of sp³-hybridized carbons (Fsp3) is 0.357. The molecule has 190 valence electrons. The summed E-state index contributed by atoms with van der Waals surface area (Å²) in [5, 5.41) is 3.60. The van der Waals surface area contributed by atoms with Gasteiger partial charge in [-0.15, -0.1) is 0 Å². The molecular weight excluding hydrogens is 492 g/mol. The maximum atomic E-state index is 12.9. The number of pyridine rings is 1. The molecule has 2 aromatic carbocycles. The highest BCUT2D eigenvalue weighted by Gasteiger charge is 2.19. The van der Waals surface area contributed by atoms with Gasteiger partial charge < -0.3 is 19.3 Å². The maximum absolute atomic E-state index is 12.9. The molecule has 2 aliphatic rings. The number of benzene rings is 2. The van der Waals surface area contributed by atoms with E-state index in [0.29, 0.717) is 29.5 Å². The fourth-order valence-electron chi connectivity index (χ4n) is 4.08. The van der Waals surface area contributed by atoms with E-state index in [1.54, 1.807) is 12.3 Å². The number of ether oxygens (including phenoxy) is 1. The van der Waals surface area contributed by atoms with Crippen LogP contribution in [0.1, 0.15) is 37.0 Å². The molecule has 3 heterocycles. The van der Waals surface area contributed by atoms with Crippen LogP contribution in [0.25, 0.3) is 11.3 Å². The first-order chi connectivity index (χ1) is 17.6. The number of carbonyl (C=O) groups excluding carboxylic acids is 1. The van der Waals surface area contributed by atoms with Crippen molar-refractivity contribution in [3.63, 3.8) is 0 Å². The Labute approximate surface area is 223 Å². The van der Waals surface area contributed by atoms with Crippen LogP contribution >= 0.6 is 23.5 Å². The summed E-state index contributed by atoms with van der Waals surface area (Å²) in [5.41, 5.74) is 5.03. The third kappa shape index (κ3) is 6.52. The molecule has 5 rings (SSSR count). The van der Waals surface area contributed by atoms with E-state index in [-0.39, 0.29) is 5.91 Å². The van der Waals surface area contributed by atoms with E-state index < -0.39 is 0 Å². The molecule has 0 bridgehead atoms. The van der Waals surface area contributed by atoms with Crippen molar-refractivity contribution in [2.24, 2.45) is 0 Å². The molecule has 0 radical (unpaired) electrons. The molecule has 6 nitrogen and oxygen atoms in total. The van der Waals surface area contributed by atoms with Crippen LogP contribution in [0, 0.1) is 0 Å². The Balaban J connectivity index is 0.000000967. The molecule has 2 fully saturated rings. The highest BCUT2D eigenvalue weighted by molar-refractivity contribution is 8.00. The lowest BCUT2D eigenvalue weighted by atomic mass is 10.1. The predicted octanol–water partition coefficient (Wildman–Crippen LogP) is 6.77. The van der Waals surface area contributed by atoms with E-state index in [1.165, 1.54) is 12.8 Å². The molecule has 3 aromatic rings. The van der Waals surface area contributed by atoms with Crippen LogP contribution in [-0.4, -0.2) is 49.5 Å². The number of nitrogens with one attached hydrogen (secondary N) is 1. The van der Waals surface area contributed by atoms with Crippen molar-refractivity contribution in [1.29, 1.82) is 0 Å². The van der Waals surface area contributed by atoms with Crippen molar-refractivity contribution < 1.29 is 9.53 Å². The van der Waals surface area contributed by atoms with Crippen LogP contribution in [0.5, 0.6) is 0 Å². The summed E-state index contributed by atoms with van der Waals surface area (Å²) >= 11 is 8.40. The zero-order valence-corrected chi connectivity index (χ0v) is 22.4. The Morgan fingerprint density at radius 3 is 2.53 bits per heavy atom. The van der Waals surface area contributed by atoms with Gasteiger partial charge in [-0.1, -0.05) is 31.9 Å². The van der Waals surface area contributed by atoms with Crippen LogP contribution < -0.4 is 14.5 Å². The van der Waals surface area contributed by atoms with E-state index in [2.05, 4.69) is 39.4 Å². The van der Waals surface area contributed by atoms with Gasteiger partial charge in [-0.25, -0.2) is 0 Å². The molecule has 8 heteroatoms. The normalized spacial score (nSPS) is 15.3. The Hall–Kier alpha value is -2.74. The number of carbonyl (C=O) groups is 1. The number of hydrogen-bond donors (Lipinski definition) is 1. The van der Waals surface area contributed by atoms with Gasteiger partial charge >= 0.3 is 0 Å². The number of amides is 1. The van der Waals surface area contributed by atoms with Gasteiger partial charge in [-0.2, -0.15) is 0 Å². The SMILES string of the molecule is CCC.O=C(Nc1ccc(Cl)c(-c2ncccc2N2CCOCC2)c1)c1ccc(N2CCCS2)cc1. The molecule has 2 aliphatic heterocycles. The van der Waals surface area contributed by atoms with Crippen LogP contribution in [0.15, 0.2) is 60.8 Å². The molecule has 1 N–H and O–H groups in total. The quantitative estimate of drug-likeness (QED) is 0.372. The molecule has 2 saturated heterocycles. The van der Waals surface area contributed by atoms with Gasteiger partial charge in [0.25, 0.3) is 5.91 Å². The van der Waals surface area contributed by atoms with Crippen molar-refractivity contribution in [3.05, 3.63) is 71.4 Å². The number of hydrogen-bond acceptors (Lipinski definition) is 6. The third-order valence-electron chi connectivity index (χ3n) is 5.79. The average molecular weight is 525 g/mol. The lowest BCUT2D eigenvalue weighted by Gasteiger charge is -2.30. The minimum atomic E-state index is -0.154. The van der Waals surface area contributed by atoms with Crippen molar-refractivity contribution in [1.82, 2.24) is 4.98 Å². The van der Waals surface area contributed by atoms with Crippen LogP contribution in [0.2, 0.25) is 5.02 Å². The predicted molar refractivity (Wildman–Crippen MR) is 152 cm³/mol. The topological polar surface area (TPSA) is 57.7 Å². The van der Waals surface area contributed by atoms with Crippen LogP contribution in [0.3, 0.4) is 0 Å². The van der Waals surface area contributed by atoms with Crippen molar-refractivity contribution in [3.8, 4) is 11.3 Å². The highest BCUT2D eigenvalue weighted by atomic mass is 35.5. The van der Waals surface area contributed by atoms with E-state index in [1.807, 2.05) is 54.4 Å². The number of anilines is 3. The number of nitrogens with zero attached hydrogens (tertiary/aromatic N) is 3. The van der Waals surface area contributed by atoms with Gasteiger partial charge in [0.2, 0.25) is 0 Å². The Bertz CT molecular complexity index is 1150. The van der Waals surface area contributed by atoms with Gasteiger partial charge in [-0.05, 0) is 73.0 Å². The minimum absolute atomic E-state index is 0.154. The molecule has 0 spiro atoms. The van der Waals surface area contributed by atoms with Crippen LogP contribution in [0.4, 0.5) is 17.1 Å². The van der Waals surface area contributed by atoms with Gasteiger partial charge in [0.15, 0.2) is 0 Å². The minimum Gasteiger partial charge on any atom is -0.378 e. The second kappa shape index (κ2) is 13.0. The number of morpholine rings is 1. The van der Waals surface area contributed by atoms with Gasteiger partial charge in [0.05, 0.1) is 29.6 Å². The van der Waals surface area contributed by atoms with Gasteiger partial charge in [-0.3, -0.25) is 9.78 Å². The Morgan fingerprint density at radius 1 is 1.08 bits per heavy atom. The summed E-state index contributed by atoms with van der Waals surface area (Å²) in [6.07, 6.45) is 4.20. The van der Waals surface area contributed by atoms with E-state index in [9.17, 15) is 4.79 Å². The maximum Gasteiger partial charge on any atom is 0.255 e. The van der Waals surface area contributed by atoms with Gasteiger partial charge in [0.1, 0.15) is 0 Å². The van der Waals surface area contributed by atoms with Crippen molar-refractivity contribution in [2.45, 2.75) is 26.7 Å². The fourth-order valence-corrected chi connectivity index (χ4v) is 5.30. The summed E-state index contributed by atoms with van der Waals surface area (Å²) in [5.74, 6) is 0.989. The molecule has 0 saturated carbocycles. The monoisotopic (exact) mass is 524 g/mol.